The zero-order valence-electron chi connectivity index (χ0n) is 33.3. The molecule has 22 nitrogen and oxygen atoms in total. The zero-order valence-corrected chi connectivity index (χ0v) is 33.3. The van der Waals surface area contributed by atoms with E-state index in [0.717, 1.165) is 0 Å². The third-order valence-electron chi connectivity index (χ3n) is 7.39. The van der Waals surface area contributed by atoms with Crippen molar-refractivity contribution < 1.29 is 95.3 Å². The summed E-state index contributed by atoms with van der Waals surface area (Å²) in [6.45, 7) is 9.08. The summed E-state index contributed by atoms with van der Waals surface area (Å²) in [6, 6.07) is 0. The lowest BCUT2D eigenvalue weighted by Gasteiger charge is -2.12. The van der Waals surface area contributed by atoms with E-state index in [1.54, 1.807) is 0 Å². The second kappa shape index (κ2) is 35.7. The summed E-state index contributed by atoms with van der Waals surface area (Å²) < 4.78 is 64.9. The molecule has 0 bridgehead atoms. The Bertz CT molecular complexity index is 1030. The number of rotatable bonds is 41. The maximum atomic E-state index is 11.7. The van der Waals surface area contributed by atoms with Crippen LogP contribution in [0.15, 0.2) is 0 Å². The van der Waals surface area contributed by atoms with E-state index >= 15 is 0 Å². The first kappa shape index (κ1) is 50.9. The van der Waals surface area contributed by atoms with E-state index in [1.807, 2.05) is 0 Å². The summed E-state index contributed by atoms with van der Waals surface area (Å²) in [7, 11) is 0. The maximum Gasteiger partial charge on any atom is 0.335 e. The van der Waals surface area contributed by atoms with E-state index in [1.165, 1.54) is 0 Å². The predicted molar refractivity (Wildman–Crippen MR) is 193 cm³/mol. The molecule has 2 saturated heterocycles. The van der Waals surface area contributed by atoms with Crippen LogP contribution in [0.2, 0.25) is 0 Å². The molecule has 0 radical (unpaired) electrons. The van der Waals surface area contributed by atoms with Crippen LogP contribution in [-0.4, -0.2) is 204 Å². The molecule has 0 N–H and O–H groups in total. The largest absolute Gasteiger partial charge is 0.378 e. The Hall–Kier alpha value is -3.26. The van der Waals surface area contributed by atoms with Gasteiger partial charge in [-0.15, -0.1) is 10.1 Å². The molecular formula is C36H60N2O20. The van der Waals surface area contributed by atoms with Crippen molar-refractivity contribution in [2.75, 3.05) is 159 Å². The number of imide groups is 2. The first-order valence-electron chi connectivity index (χ1n) is 19.4. The second-order valence-electron chi connectivity index (χ2n) is 11.9. The standard InChI is InChI=1S/C36H60N2O20/c39-31-1-2-32(40)37(31)57-35(43)5-7-45-9-11-47-13-15-49-17-19-51-21-23-53-25-27-55-29-30-56-28-26-54-24-22-52-20-18-50-16-14-48-12-10-46-8-6-36(44)58-38-33(41)3-4-34(38)42/h1-30H2. The van der Waals surface area contributed by atoms with E-state index < -0.39 is 35.6 Å². The Morgan fingerprint density at radius 3 is 0.621 bits per heavy atom. The van der Waals surface area contributed by atoms with Gasteiger partial charge in [0.15, 0.2) is 0 Å². The Morgan fingerprint density at radius 1 is 0.293 bits per heavy atom. The van der Waals surface area contributed by atoms with Crippen molar-refractivity contribution in [3.8, 4) is 0 Å². The van der Waals surface area contributed by atoms with Gasteiger partial charge in [-0.2, -0.15) is 0 Å². The molecule has 0 aromatic carbocycles. The van der Waals surface area contributed by atoms with Crippen molar-refractivity contribution in [3.63, 3.8) is 0 Å². The monoisotopic (exact) mass is 840 g/mol. The van der Waals surface area contributed by atoms with E-state index in [4.69, 9.17) is 66.5 Å². The highest BCUT2D eigenvalue weighted by atomic mass is 16.7. The fourth-order valence-electron chi connectivity index (χ4n) is 4.44. The molecule has 0 unspecified atom stereocenters. The van der Waals surface area contributed by atoms with Gasteiger partial charge < -0.3 is 66.5 Å². The lowest BCUT2D eigenvalue weighted by atomic mass is 10.4. The molecule has 58 heavy (non-hydrogen) atoms. The zero-order chi connectivity index (χ0) is 41.7. The molecule has 2 fully saturated rings. The van der Waals surface area contributed by atoms with Gasteiger partial charge in [0.2, 0.25) is 0 Å². The summed E-state index contributed by atoms with van der Waals surface area (Å²) in [5.74, 6) is -3.49. The van der Waals surface area contributed by atoms with Crippen LogP contribution in [-0.2, 0) is 95.3 Å². The molecule has 0 aliphatic carbocycles. The minimum absolute atomic E-state index is 0.0508. The topological polar surface area (TPSA) is 238 Å². The van der Waals surface area contributed by atoms with Crippen LogP contribution in [0, 0.1) is 0 Å². The quantitative estimate of drug-likeness (QED) is 0.0540. The fourth-order valence-corrected chi connectivity index (χ4v) is 4.44. The molecule has 22 heteroatoms. The van der Waals surface area contributed by atoms with Crippen LogP contribution in [0.25, 0.3) is 0 Å². The minimum atomic E-state index is -0.708. The molecule has 334 valence electrons. The van der Waals surface area contributed by atoms with Gasteiger partial charge in [0.05, 0.1) is 171 Å². The Morgan fingerprint density at radius 2 is 0.448 bits per heavy atom. The van der Waals surface area contributed by atoms with E-state index in [9.17, 15) is 28.8 Å². The number of nitrogens with zero attached hydrogens (tertiary/aromatic N) is 2. The van der Waals surface area contributed by atoms with Crippen molar-refractivity contribution >= 4 is 35.6 Å². The Kier molecular flexibility index (Phi) is 31.3. The van der Waals surface area contributed by atoms with Crippen molar-refractivity contribution in [2.24, 2.45) is 0 Å². The average Bonchev–Trinajstić information content (AvgIpc) is 3.70. The summed E-state index contributed by atoms with van der Waals surface area (Å²) >= 11 is 0. The molecule has 0 aromatic rings. The minimum Gasteiger partial charge on any atom is -0.378 e. The number of hydrogen-bond acceptors (Lipinski definition) is 20. The van der Waals surface area contributed by atoms with Gasteiger partial charge in [-0.05, 0) is 0 Å². The van der Waals surface area contributed by atoms with E-state index in [0.29, 0.717) is 142 Å². The summed E-state index contributed by atoms with van der Waals surface area (Å²) in [5, 5.41) is 1.02. The van der Waals surface area contributed by atoms with Crippen molar-refractivity contribution in [2.45, 2.75) is 38.5 Å². The van der Waals surface area contributed by atoms with Crippen molar-refractivity contribution in [1.29, 1.82) is 0 Å². The molecule has 2 aliphatic rings. The Labute approximate surface area is 337 Å². The number of hydroxylamine groups is 4. The molecule has 4 amide bonds. The first-order chi connectivity index (χ1) is 28.4. The lowest BCUT2D eigenvalue weighted by Crippen LogP contribution is -2.32. The highest BCUT2D eigenvalue weighted by Gasteiger charge is 2.33. The molecule has 2 heterocycles. The summed E-state index contributed by atoms with van der Waals surface area (Å²) in [4.78, 5) is 78.4. The van der Waals surface area contributed by atoms with Gasteiger partial charge in [-0.3, -0.25) is 19.2 Å². The average molecular weight is 841 g/mol. The van der Waals surface area contributed by atoms with Crippen LogP contribution in [0.1, 0.15) is 38.5 Å². The number of hydrogen-bond donors (Lipinski definition) is 0. The van der Waals surface area contributed by atoms with Crippen LogP contribution in [0.4, 0.5) is 0 Å². The predicted octanol–water partition coefficient (Wildman–Crippen LogP) is -0.820. The van der Waals surface area contributed by atoms with Gasteiger partial charge in [0.25, 0.3) is 23.6 Å². The molecular weight excluding hydrogens is 780 g/mol. The summed E-state index contributed by atoms with van der Waals surface area (Å²) in [6.07, 6.45) is 0.0350. The highest BCUT2D eigenvalue weighted by molar-refractivity contribution is 6.02. The van der Waals surface area contributed by atoms with Crippen molar-refractivity contribution in [1.82, 2.24) is 10.1 Å². The van der Waals surface area contributed by atoms with Gasteiger partial charge in [0, 0.05) is 25.7 Å². The van der Waals surface area contributed by atoms with Gasteiger partial charge in [-0.1, -0.05) is 0 Å². The van der Waals surface area contributed by atoms with E-state index in [-0.39, 0.29) is 65.0 Å². The SMILES string of the molecule is O=C(CCOCCOCCOCCOCCOCCOCCOCCOCCOCCOCCOCCOCCC(=O)ON1C(=O)CCC1=O)ON1C(=O)CCC1=O. The molecule has 0 aromatic heterocycles. The normalized spacial score (nSPS) is 14.3. The van der Waals surface area contributed by atoms with Crippen LogP contribution >= 0.6 is 0 Å². The molecule has 0 atom stereocenters. The van der Waals surface area contributed by atoms with Gasteiger partial charge >= 0.3 is 11.9 Å². The molecule has 2 aliphatic heterocycles. The van der Waals surface area contributed by atoms with Crippen LogP contribution in [0.5, 0.6) is 0 Å². The fraction of sp³-hybridized carbons (Fsp3) is 0.833. The van der Waals surface area contributed by atoms with Gasteiger partial charge in [0.1, 0.15) is 0 Å². The third-order valence-corrected chi connectivity index (χ3v) is 7.39. The number of carbonyl (C=O) groups excluding carboxylic acids is 6. The lowest BCUT2D eigenvalue weighted by molar-refractivity contribution is -0.198. The van der Waals surface area contributed by atoms with Crippen LogP contribution < -0.4 is 0 Å². The van der Waals surface area contributed by atoms with E-state index in [2.05, 4.69) is 0 Å². The molecule has 0 spiro atoms. The van der Waals surface area contributed by atoms with Crippen molar-refractivity contribution in [3.05, 3.63) is 0 Å². The van der Waals surface area contributed by atoms with Crippen LogP contribution in [0.3, 0.4) is 0 Å². The highest BCUT2D eigenvalue weighted by Crippen LogP contribution is 2.13. The smallest absolute Gasteiger partial charge is 0.335 e. The van der Waals surface area contributed by atoms with Gasteiger partial charge in [-0.25, -0.2) is 9.59 Å². The molecule has 0 saturated carbocycles. The number of carbonyl (C=O) groups is 6. The first-order valence-corrected chi connectivity index (χ1v) is 19.4. The number of amides is 4. The third kappa shape index (κ3) is 27.4. The Balaban J connectivity index is 1.14. The maximum absolute atomic E-state index is 11.7. The second-order valence-corrected chi connectivity index (χ2v) is 11.9. The molecule has 2 rings (SSSR count). The summed E-state index contributed by atoms with van der Waals surface area (Å²) in [5.41, 5.74) is 0. The number of ether oxygens (including phenoxy) is 12.